The van der Waals surface area contributed by atoms with Crippen LogP contribution in [0.2, 0.25) is 0 Å². The number of aryl methyl sites for hydroxylation is 1. The standard InChI is InChI=1S/C9H11NO2/c1-6-3-4-8(7(2)10-12)9(11)5-6/h3-5,11-12H,1-2H3. The van der Waals surface area contributed by atoms with Gasteiger partial charge >= 0.3 is 0 Å². The van der Waals surface area contributed by atoms with Gasteiger partial charge in [-0.05, 0) is 31.5 Å². The van der Waals surface area contributed by atoms with E-state index >= 15 is 0 Å². The van der Waals surface area contributed by atoms with Crippen molar-refractivity contribution in [3.05, 3.63) is 29.3 Å². The molecule has 1 rings (SSSR count). The Morgan fingerprint density at radius 2 is 2.08 bits per heavy atom. The Morgan fingerprint density at radius 1 is 1.42 bits per heavy atom. The van der Waals surface area contributed by atoms with E-state index in [4.69, 9.17) is 5.21 Å². The zero-order chi connectivity index (χ0) is 9.14. The van der Waals surface area contributed by atoms with Crippen LogP contribution in [0.4, 0.5) is 0 Å². The maximum absolute atomic E-state index is 9.40. The molecular formula is C9H11NO2. The minimum Gasteiger partial charge on any atom is -0.507 e. The van der Waals surface area contributed by atoms with Gasteiger partial charge in [-0.1, -0.05) is 11.2 Å². The Morgan fingerprint density at radius 3 is 2.58 bits per heavy atom. The molecule has 64 valence electrons. The van der Waals surface area contributed by atoms with Crippen molar-refractivity contribution in [3.8, 4) is 5.75 Å². The molecule has 0 radical (unpaired) electrons. The van der Waals surface area contributed by atoms with Gasteiger partial charge in [-0.2, -0.15) is 0 Å². The molecule has 0 heterocycles. The molecule has 0 aliphatic carbocycles. The number of phenolic OH excluding ortho intramolecular Hbond substituents is 1. The fourth-order valence-electron chi connectivity index (χ4n) is 1.00. The summed E-state index contributed by atoms with van der Waals surface area (Å²) in [5.41, 5.74) is 1.94. The largest absolute Gasteiger partial charge is 0.507 e. The monoisotopic (exact) mass is 165 g/mol. The highest BCUT2D eigenvalue weighted by molar-refractivity contribution is 6.00. The van der Waals surface area contributed by atoms with E-state index in [1.54, 1.807) is 19.1 Å². The van der Waals surface area contributed by atoms with Crippen molar-refractivity contribution in [1.29, 1.82) is 0 Å². The Balaban J connectivity index is 3.18. The van der Waals surface area contributed by atoms with Gasteiger partial charge in [-0.25, -0.2) is 0 Å². The first kappa shape index (κ1) is 8.59. The maximum Gasteiger partial charge on any atom is 0.125 e. The lowest BCUT2D eigenvalue weighted by Crippen LogP contribution is -1.94. The van der Waals surface area contributed by atoms with E-state index in [1.165, 1.54) is 0 Å². The lowest BCUT2D eigenvalue weighted by Gasteiger charge is -2.02. The van der Waals surface area contributed by atoms with Gasteiger partial charge in [-0.15, -0.1) is 0 Å². The third kappa shape index (κ3) is 1.56. The fraction of sp³-hybridized carbons (Fsp3) is 0.222. The van der Waals surface area contributed by atoms with E-state index in [0.29, 0.717) is 11.3 Å². The van der Waals surface area contributed by atoms with Gasteiger partial charge < -0.3 is 10.3 Å². The van der Waals surface area contributed by atoms with Gasteiger partial charge in [0, 0.05) is 5.56 Å². The minimum absolute atomic E-state index is 0.144. The quantitative estimate of drug-likeness (QED) is 0.379. The van der Waals surface area contributed by atoms with Crippen molar-refractivity contribution >= 4 is 5.71 Å². The number of rotatable bonds is 1. The summed E-state index contributed by atoms with van der Waals surface area (Å²) in [6, 6.07) is 5.20. The number of hydrogen-bond donors (Lipinski definition) is 2. The average Bonchev–Trinajstić information content (AvgIpc) is 2.03. The van der Waals surface area contributed by atoms with Crippen molar-refractivity contribution in [1.82, 2.24) is 0 Å². The fourth-order valence-corrected chi connectivity index (χ4v) is 1.00. The van der Waals surface area contributed by atoms with E-state index in [2.05, 4.69) is 5.16 Å². The highest BCUT2D eigenvalue weighted by atomic mass is 16.4. The Bertz CT molecular complexity index is 318. The predicted octanol–water partition coefficient (Wildman–Crippen LogP) is 1.90. The molecule has 0 fully saturated rings. The molecule has 0 amide bonds. The molecule has 12 heavy (non-hydrogen) atoms. The van der Waals surface area contributed by atoms with Crippen LogP contribution >= 0.6 is 0 Å². The van der Waals surface area contributed by atoms with Crippen LogP contribution < -0.4 is 0 Å². The van der Waals surface area contributed by atoms with Crippen LogP contribution in [0, 0.1) is 6.92 Å². The molecule has 3 heteroatoms. The van der Waals surface area contributed by atoms with Crippen molar-refractivity contribution in [3.63, 3.8) is 0 Å². The molecule has 0 bridgehead atoms. The summed E-state index contributed by atoms with van der Waals surface area (Å²) in [5, 5.41) is 20.9. The highest BCUT2D eigenvalue weighted by Gasteiger charge is 2.03. The van der Waals surface area contributed by atoms with Gasteiger partial charge in [0.05, 0.1) is 5.71 Å². The number of aromatic hydroxyl groups is 1. The van der Waals surface area contributed by atoms with Gasteiger partial charge in [0.15, 0.2) is 0 Å². The van der Waals surface area contributed by atoms with Gasteiger partial charge in [-0.3, -0.25) is 0 Å². The molecule has 3 nitrogen and oxygen atoms in total. The van der Waals surface area contributed by atoms with E-state index < -0.39 is 0 Å². The van der Waals surface area contributed by atoms with Gasteiger partial charge in [0.2, 0.25) is 0 Å². The van der Waals surface area contributed by atoms with Crippen LogP contribution in [-0.2, 0) is 0 Å². The van der Waals surface area contributed by atoms with Crippen LogP contribution in [0.25, 0.3) is 0 Å². The predicted molar refractivity (Wildman–Crippen MR) is 46.8 cm³/mol. The minimum atomic E-state index is 0.144. The molecule has 0 unspecified atom stereocenters. The molecular weight excluding hydrogens is 154 g/mol. The summed E-state index contributed by atoms with van der Waals surface area (Å²) in [4.78, 5) is 0. The molecule has 0 saturated carbocycles. The van der Waals surface area contributed by atoms with Crippen LogP contribution in [-0.4, -0.2) is 16.0 Å². The van der Waals surface area contributed by atoms with Crippen LogP contribution in [0.3, 0.4) is 0 Å². The highest BCUT2D eigenvalue weighted by Crippen LogP contribution is 2.18. The number of benzene rings is 1. The first-order chi connectivity index (χ1) is 5.65. The molecule has 2 N–H and O–H groups in total. The summed E-state index contributed by atoms with van der Waals surface area (Å²) < 4.78 is 0. The third-order valence-corrected chi connectivity index (χ3v) is 1.69. The van der Waals surface area contributed by atoms with E-state index in [0.717, 1.165) is 5.56 Å². The Hall–Kier alpha value is -1.51. The molecule has 1 aromatic rings. The number of phenols is 1. The molecule has 1 aromatic carbocycles. The van der Waals surface area contributed by atoms with Crippen molar-refractivity contribution < 1.29 is 10.3 Å². The zero-order valence-corrected chi connectivity index (χ0v) is 7.07. The maximum atomic E-state index is 9.40. The van der Waals surface area contributed by atoms with Crippen LogP contribution in [0.15, 0.2) is 23.4 Å². The summed E-state index contributed by atoms with van der Waals surface area (Å²) in [6.45, 7) is 3.51. The van der Waals surface area contributed by atoms with Crippen LogP contribution in [0.5, 0.6) is 5.75 Å². The summed E-state index contributed by atoms with van der Waals surface area (Å²) in [6.07, 6.45) is 0. The second kappa shape index (κ2) is 3.26. The first-order valence-corrected chi connectivity index (χ1v) is 3.64. The second-order valence-corrected chi connectivity index (χ2v) is 2.71. The van der Waals surface area contributed by atoms with Gasteiger partial charge in [0.25, 0.3) is 0 Å². The molecule has 0 atom stereocenters. The number of oxime groups is 1. The first-order valence-electron chi connectivity index (χ1n) is 3.64. The topological polar surface area (TPSA) is 52.8 Å². The van der Waals surface area contributed by atoms with Gasteiger partial charge in [0.1, 0.15) is 5.75 Å². The summed E-state index contributed by atoms with van der Waals surface area (Å²) in [7, 11) is 0. The molecule has 0 saturated heterocycles. The average molecular weight is 165 g/mol. The van der Waals surface area contributed by atoms with Crippen molar-refractivity contribution in [2.75, 3.05) is 0 Å². The van der Waals surface area contributed by atoms with Crippen LogP contribution in [0.1, 0.15) is 18.1 Å². The summed E-state index contributed by atoms with van der Waals surface area (Å²) in [5.74, 6) is 0.144. The van der Waals surface area contributed by atoms with Crippen molar-refractivity contribution in [2.24, 2.45) is 5.16 Å². The third-order valence-electron chi connectivity index (χ3n) is 1.69. The lowest BCUT2D eigenvalue weighted by atomic mass is 10.1. The van der Waals surface area contributed by atoms with Crippen molar-refractivity contribution in [2.45, 2.75) is 13.8 Å². The summed E-state index contributed by atoms with van der Waals surface area (Å²) >= 11 is 0. The number of hydrogen-bond acceptors (Lipinski definition) is 3. The molecule has 0 aliphatic heterocycles. The second-order valence-electron chi connectivity index (χ2n) is 2.71. The molecule has 0 spiro atoms. The number of nitrogens with zero attached hydrogens (tertiary/aromatic N) is 1. The SMILES string of the molecule is CC(=NO)c1ccc(C)cc1O. The Kier molecular flexibility index (Phi) is 2.33. The zero-order valence-electron chi connectivity index (χ0n) is 7.07. The lowest BCUT2D eigenvalue weighted by molar-refractivity contribution is 0.318. The van der Waals surface area contributed by atoms with E-state index in [9.17, 15) is 5.11 Å². The molecule has 0 aliphatic rings. The van der Waals surface area contributed by atoms with E-state index in [1.807, 2.05) is 13.0 Å². The normalized spacial score (nSPS) is 11.7. The Labute approximate surface area is 71.0 Å². The smallest absolute Gasteiger partial charge is 0.125 e. The molecule has 0 aromatic heterocycles. The van der Waals surface area contributed by atoms with E-state index in [-0.39, 0.29) is 5.75 Å².